The molecule has 0 aliphatic heterocycles. The zero-order chi connectivity index (χ0) is 16.2. The van der Waals surface area contributed by atoms with Gasteiger partial charge < -0.3 is 5.73 Å². The van der Waals surface area contributed by atoms with Crippen LogP contribution in [0.1, 0.15) is 46.1 Å². The Morgan fingerprint density at radius 2 is 1.76 bits per heavy atom. The fraction of sp³-hybridized carbons (Fsp3) is 0.625. The van der Waals surface area contributed by atoms with Gasteiger partial charge >= 0.3 is 0 Å². The second-order valence-corrected chi connectivity index (χ2v) is 7.85. The van der Waals surface area contributed by atoms with Crippen molar-refractivity contribution in [2.75, 3.05) is 12.3 Å². The molecule has 0 radical (unpaired) electrons. The second kappa shape index (κ2) is 7.27. The predicted molar refractivity (Wildman–Crippen MR) is 88.7 cm³/mol. The number of nitrogens with zero attached hydrogens (tertiary/aromatic N) is 1. The molecule has 2 N–H and O–H groups in total. The van der Waals surface area contributed by atoms with Gasteiger partial charge in [0.05, 0.1) is 4.90 Å². The summed E-state index contributed by atoms with van der Waals surface area (Å²) in [6.45, 7) is 10.5. The molecular weight excluding hydrogens is 284 g/mol. The standard InChI is InChI=1S/C16H28N2O2S/c1-6-14(7-2)18(11-12(3)4)21(19,20)15-9-8-13(5)16(17)10-15/h8-10,12,14H,6-7,11,17H2,1-5H3. The summed E-state index contributed by atoms with van der Waals surface area (Å²) >= 11 is 0. The molecule has 1 rings (SSSR count). The minimum atomic E-state index is -3.51. The van der Waals surface area contributed by atoms with Crippen molar-refractivity contribution in [3.63, 3.8) is 0 Å². The molecule has 5 heteroatoms. The molecule has 0 unspecified atom stereocenters. The molecule has 0 amide bonds. The van der Waals surface area contributed by atoms with E-state index in [9.17, 15) is 8.42 Å². The van der Waals surface area contributed by atoms with Gasteiger partial charge in [0.25, 0.3) is 0 Å². The van der Waals surface area contributed by atoms with E-state index in [1.165, 1.54) is 0 Å². The summed E-state index contributed by atoms with van der Waals surface area (Å²) in [5.41, 5.74) is 7.29. The Balaban J connectivity index is 3.28. The number of benzene rings is 1. The first kappa shape index (κ1) is 18.0. The van der Waals surface area contributed by atoms with Crippen LogP contribution in [0.2, 0.25) is 0 Å². The molecule has 21 heavy (non-hydrogen) atoms. The van der Waals surface area contributed by atoms with Crippen molar-refractivity contribution >= 4 is 15.7 Å². The molecule has 0 spiro atoms. The number of aryl methyl sites for hydroxylation is 1. The van der Waals surface area contributed by atoms with Gasteiger partial charge in [0, 0.05) is 18.3 Å². The molecule has 0 heterocycles. The van der Waals surface area contributed by atoms with Crippen LogP contribution in [0.15, 0.2) is 23.1 Å². The van der Waals surface area contributed by atoms with Crippen LogP contribution in [0.5, 0.6) is 0 Å². The summed E-state index contributed by atoms with van der Waals surface area (Å²) < 4.78 is 27.6. The maximum absolute atomic E-state index is 13.0. The Labute approximate surface area is 129 Å². The third kappa shape index (κ3) is 4.20. The highest BCUT2D eigenvalue weighted by atomic mass is 32.2. The zero-order valence-electron chi connectivity index (χ0n) is 13.8. The van der Waals surface area contributed by atoms with Crippen LogP contribution in [-0.2, 0) is 10.0 Å². The Morgan fingerprint density at radius 3 is 2.19 bits per heavy atom. The number of hydrogen-bond acceptors (Lipinski definition) is 3. The number of rotatable bonds is 7. The van der Waals surface area contributed by atoms with Gasteiger partial charge in [-0.2, -0.15) is 4.31 Å². The first-order valence-corrected chi connectivity index (χ1v) is 9.05. The number of sulfonamides is 1. The monoisotopic (exact) mass is 312 g/mol. The molecule has 0 bridgehead atoms. The Hall–Kier alpha value is -1.07. The SMILES string of the molecule is CCC(CC)N(CC(C)C)S(=O)(=O)c1ccc(C)c(N)c1. The Kier molecular flexibility index (Phi) is 6.23. The number of anilines is 1. The van der Waals surface area contributed by atoms with Gasteiger partial charge in [-0.05, 0) is 43.4 Å². The first-order chi connectivity index (χ1) is 9.73. The summed E-state index contributed by atoms with van der Waals surface area (Å²) in [6.07, 6.45) is 1.62. The largest absolute Gasteiger partial charge is 0.398 e. The molecule has 4 nitrogen and oxygen atoms in total. The lowest BCUT2D eigenvalue weighted by atomic mass is 10.1. The van der Waals surface area contributed by atoms with E-state index in [1.807, 2.05) is 34.6 Å². The van der Waals surface area contributed by atoms with Crippen molar-refractivity contribution in [3.8, 4) is 0 Å². The van der Waals surface area contributed by atoms with Crippen molar-refractivity contribution in [3.05, 3.63) is 23.8 Å². The topological polar surface area (TPSA) is 63.4 Å². The molecule has 0 saturated heterocycles. The van der Waals surface area contributed by atoms with Crippen LogP contribution in [0.3, 0.4) is 0 Å². The lowest BCUT2D eigenvalue weighted by molar-refractivity contribution is 0.277. The van der Waals surface area contributed by atoms with Crippen molar-refractivity contribution in [2.24, 2.45) is 5.92 Å². The van der Waals surface area contributed by atoms with E-state index >= 15 is 0 Å². The molecule has 0 aliphatic carbocycles. The van der Waals surface area contributed by atoms with Gasteiger partial charge in [0.1, 0.15) is 0 Å². The van der Waals surface area contributed by atoms with E-state index in [-0.39, 0.29) is 16.9 Å². The van der Waals surface area contributed by atoms with Crippen molar-refractivity contribution in [1.82, 2.24) is 4.31 Å². The highest BCUT2D eigenvalue weighted by Gasteiger charge is 2.30. The van der Waals surface area contributed by atoms with Crippen LogP contribution in [0, 0.1) is 12.8 Å². The summed E-state index contributed by atoms with van der Waals surface area (Å²) in [6, 6.07) is 5.01. The minimum absolute atomic E-state index is 0.0277. The van der Waals surface area contributed by atoms with Gasteiger partial charge in [0.15, 0.2) is 0 Å². The van der Waals surface area contributed by atoms with Crippen molar-refractivity contribution < 1.29 is 8.42 Å². The average Bonchev–Trinajstić information content (AvgIpc) is 2.41. The molecule has 0 atom stereocenters. The zero-order valence-corrected chi connectivity index (χ0v) is 14.6. The fourth-order valence-corrected chi connectivity index (χ4v) is 4.39. The van der Waals surface area contributed by atoms with E-state index in [4.69, 9.17) is 5.73 Å². The maximum Gasteiger partial charge on any atom is 0.243 e. The number of nitrogen functional groups attached to an aromatic ring is 1. The van der Waals surface area contributed by atoms with E-state index < -0.39 is 10.0 Å². The second-order valence-electron chi connectivity index (χ2n) is 5.96. The van der Waals surface area contributed by atoms with Gasteiger partial charge in [-0.1, -0.05) is 33.8 Å². The highest BCUT2D eigenvalue weighted by Crippen LogP contribution is 2.25. The van der Waals surface area contributed by atoms with Gasteiger partial charge in [0.2, 0.25) is 10.0 Å². The van der Waals surface area contributed by atoms with E-state index in [2.05, 4.69) is 0 Å². The van der Waals surface area contributed by atoms with Gasteiger partial charge in [-0.15, -0.1) is 0 Å². The molecule has 0 fully saturated rings. The quantitative estimate of drug-likeness (QED) is 0.785. The minimum Gasteiger partial charge on any atom is -0.398 e. The average molecular weight is 312 g/mol. The van der Waals surface area contributed by atoms with Crippen molar-refractivity contribution in [1.29, 1.82) is 0 Å². The Morgan fingerprint density at radius 1 is 1.19 bits per heavy atom. The van der Waals surface area contributed by atoms with E-state index in [0.29, 0.717) is 12.2 Å². The van der Waals surface area contributed by atoms with Crippen LogP contribution in [0.25, 0.3) is 0 Å². The summed E-state index contributed by atoms with van der Waals surface area (Å²) in [7, 11) is -3.51. The summed E-state index contributed by atoms with van der Waals surface area (Å²) in [5.74, 6) is 0.281. The third-order valence-electron chi connectivity index (χ3n) is 3.75. The third-order valence-corrected chi connectivity index (χ3v) is 5.67. The van der Waals surface area contributed by atoms with Gasteiger partial charge in [-0.25, -0.2) is 8.42 Å². The number of nitrogens with two attached hydrogens (primary N) is 1. The molecule has 0 aliphatic rings. The fourth-order valence-electron chi connectivity index (χ4n) is 2.41. The van der Waals surface area contributed by atoms with Gasteiger partial charge in [-0.3, -0.25) is 0 Å². The Bertz CT molecular complexity index is 564. The highest BCUT2D eigenvalue weighted by molar-refractivity contribution is 7.89. The van der Waals surface area contributed by atoms with Crippen LogP contribution >= 0.6 is 0 Å². The van der Waals surface area contributed by atoms with Crippen LogP contribution in [0.4, 0.5) is 5.69 Å². The van der Waals surface area contributed by atoms with Crippen LogP contribution in [-0.4, -0.2) is 25.3 Å². The summed E-state index contributed by atoms with van der Waals surface area (Å²) in [4.78, 5) is 0.290. The van der Waals surface area contributed by atoms with E-state index in [1.54, 1.807) is 22.5 Å². The molecule has 1 aromatic rings. The first-order valence-electron chi connectivity index (χ1n) is 7.61. The summed E-state index contributed by atoms with van der Waals surface area (Å²) in [5, 5.41) is 0. The molecule has 1 aromatic carbocycles. The van der Waals surface area contributed by atoms with Crippen molar-refractivity contribution in [2.45, 2.75) is 58.4 Å². The maximum atomic E-state index is 13.0. The smallest absolute Gasteiger partial charge is 0.243 e. The normalized spacial score (nSPS) is 12.6. The molecule has 120 valence electrons. The molecule has 0 aromatic heterocycles. The lowest BCUT2D eigenvalue weighted by Crippen LogP contribution is -2.42. The van der Waals surface area contributed by atoms with Crippen LogP contribution < -0.4 is 5.73 Å². The lowest BCUT2D eigenvalue weighted by Gasteiger charge is -2.31. The molecular formula is C16H28N2O2S. The number of hydrogen-bond donors (Lipinski definition) is 1. The predicted octanol–water partition coefficient (Wildman–Crippen LogP) is 3.41. The van der Waals surface area contributed by atoms with E-state index in [0.717, 1.165) is 18.4 Å². The molecule has 0 saturated carbocycles.